The van der Waals surface area contributed by atoms with Crippen molar-refractivity contribution < 1.29 is 14.4 Å². The quantitative estimate of drug-likeness (QED) is 0.770. The lowest BCUT2D eigenvalue weighted by Crippen LogP contribution is -2.60. The van der Waals surface area contributed by atoms with Crippen LogP contribution in [0.4, 0.5) is 0 Å². The van der Waals surface area contributed by atoms with Gasteiger partial charge in [-0.3, -0.25) is 14.4 Å². The number of nitrogens with zero attached hydrogens (tertiary/aromatic N) is 2. The lowest BCUT2D eigenvalue weighted by Gasteiger charge is -2.42. The third-order valence-corrected chi connectivity index (χ3v) is 5.64. The van der Waals surface area contributed by atoms with Crippen LogP contribution in [-0.4, -0.2) is 59.2 Å². The summed E-state index contributed by atoms with van der Waals surface area (Å²) >= 11 is 0. The fourth-order valence-corrected chi connectivity index (χ4v) is 3.64. The van der Waals surface area contributed by atoms with Gasteiger partial charge in [-0.15, -0.1) is 0 Å². The summed E-state index contributed by atoms with van der Waals surface area (Å²) in [4.78, 5) is 41.7. The smallest absolute Gasteiger partial charge is 0.245 e. The zero-order chi connectivity index (χ0) is 20.4. The van der Waals surface area contributed by atoms with E-state index in [2.05, 4.69) is 5.32 Å². The lowest BCUT2D eigenvalue weighted by molar-refractivity contribution is -0.146. The molecule has 2 rings (SSSR count). The first kappa shape index (κ1) is 21.7. The fraction of sp³-hybridized carbons (Fsp3) is 0.857. The molecule has 0 radical (unpaired) electrons. The highest BCUT2D eigenvalue weighted by molar-refractivity contribution is 5.88. The summed E-state index contributed by atoms with van der Waals surface area (Å²) in [5.74, 6) is 0.433. The molecule has 2 aliphatic rings. The molecule has 1 N–H and O–H groups in total. The van der Waals surface area contributed by atoms with Gasteiger partial charge >= 0.3 is 0 Å². The molecule has 3 atom stereocenters. The maximum Gasteiger partial charge on any atom is 0.245 e. The third kappa shape index (κ3) is 5.94. The van der Waals surface area contributed by atoms with Crippen molar-refractivity contribution >= 4 is 17.7 Å². The van der Waals surface area contributed by atoms with Crippen molar-refractivity contribution in [2.75, 3.05) is 19.6 Å². The topological polar surface area (TPSA) is 69.7 Å². The van der Waals surface area contributed by atoms with Crippen LogP contribution in [0.15, 0.2) is 0 Å². The summed E-state index contributed by atoms with van der Waals surface area (Å²) in [5.41, 5.74) is -0.115. The van der Waals surface area contributed by atoms with Gasteiger partial charge in [-0.1, -0.05) is 41.0 Å². The highest BCUT2D eigenvalue weighted by Gasteiger charge is 2.39. The molecule has 0 spiro atoms. The molecule has 0 aromatic carbocycles. The van der Waals surface area contributed by atoms with Gasteiger partial charge < -0.3 is 15.1 Å². The van der Waals surface area contributed by atoms with E-state index in [1.54, 1.807) is 0 Å². The Kier molecular flexibility index (Phi) is 6.92. The minimum absolute atomic E-state index is 0.0167. The number of hydrogen-bond donors (Lipinski definition) is 1. The fourth-order valence-electron chi connectivity index (χ4n) is 3.64. The minimum Gasteiger partial charge on any atom is -0.344 e. The van der Waals surface area contributed by atoms with Crippen molar-refractivity contribution in [1.82, 2.24) is 15.1 Å². The standard InChI is InChI=1S/C21H37N3O3/c1-7-14(2)18(22-17(25)12-21(4,5)6)20(27)23-10-11-24(15(3)13-23)19(26)16-8-9-16/h14-16,18H,7-13H2,1-6H3,(H,22,25). The molecular formula is C21H37N3O3. The SMILES string of the molecule is CCC(C)C(NC(=O)CC(C)(C)C)C(=O)N1CCN(C(=O)C2CC2)C(C)C1. The van der Waals surface area contributed by atoms with Gasteiger partial charge in [-0.2, -0.15) is 0 Å². The van der Waals surface area contributed by atoms with Crippen molar-refractivity contribution in [3.63, 3.8) is 0 Å². The molecule has 1 aliphatic heterocycles. The average molecular weight is 380 g/mol. The molecule has 154 valence electrons. The van der Waals surface area contributed by atoms with E-state index in [4.69, 9.17) is 0 Å². The number of carbonyl (C=O) groups excluding carboxylic acids is 3. The number of piperazine rings is 1. The van der Waals surface area contributed by atoms with Gasteiger partial charge in [0, 0.05) is 38.0 Å². The second-order valence-corrected chi connectivity index (χ2v) is 9.61. The average Bonchev–Trinajstić information content (AvgIpc) is 3.41. The predicted molar refractivity (Wildman–Crippen MR) is 106 cm³/mol. The number of hydrogen-bond acceptors (Lipinski definition) is 3. The predicted octanol–water partition coefficient (Wildman–Crippen LogP) is 2.42. The molecule has 1 aliphatic carbocycles. The first-order valence-electron chi connectivity index (χ1n) is 10.4. The second kappa shape index (κ2) is 8.61. The highest BCUT2D eigenvalue weighted by Crippen LogP contribution is 2.32. The first-order valence-corrected chi connectivity index (χ1v) is 10.4. The van der Waals surface area contributed by atoms with E-state index in [-0.39, 0.29) is 41.0 Å². The number of carbonyl (C=O) groups is 3. The maximum absolute atomic E-state index is 13.2. The van der Waals surface area contributed by atoms with Gasteiger partial charge in [-0.05, 0) is 31.1 Å². The Hall–Kier alpha value is -1.59. The van der Waals surface area contributed by atoms with E-state index in [0.717, 1.165) is 19.3 Å². The molecular weight excluding hydrogens is 342 g/mol. The van der Waals surface area contributed by atoms with Crippen LogP contribution in [0.3, 0.4) is 0 Å². The molecule has 6 heteroatoms. The Balaban J connectivity index is 2.00. The number of nitrogens with one attached hydrogen (secondary N) is 1. The third-order valence-electron chi connectivity index (χ3n) is 5.64. The lowest BCUT2D eigenvalue weighted by atomic mass is 9.91. The molecule has 3 unspecified atom stereocenters. The van der Waals surface area contributed by atoms with E-state index in [0.29, 0.717) is 26.1 Å². The van der Waals surface area contributed by atoms with Crippen LogP contribution in [0, 0.1) is 17.3 Å². The van der Waals surface area contributed by atoms with Crippen LogP contribution in [0.25, 0.3) is 0 Å². The summed E-state index contributed by atoms with van der Waals surface area (Å²) in [6.07, 6.45) is 3.22. The Morgan fingerprint density at radius 1 is 1.15 bits per heavy atom. The molecule has 27 heavy (non-hydrogen) atoms. The normalized spacial score (nSPS) is 23.0. The Bertz CT molecular complexity index is 566. The molecule has 0 aromatic heterocycles. The van der Waals surface area contributed by atoms with Crippen LogP contribution < -0.4 is 5.32 Å². The van der Waals surface area contributed by atoms with Crippen molar-refractivity contribution in [3.05, 3.63) is 0 Å². The summed E-state index contributed by atoms with van der Waals surface area (Å²) in [6.45, 7) is 13.8. The van der Waals surface area contributed by atoms with Crippen LogP contribution >= 0.6 is 0 Å². The molecule has 2 fully saturated rings. The second-order valence-electron chi connectivity index (χ2n) is 9.61. The van der Waals surface area contributed by atoms with Gasteiger partial charge in [0.1, 0.15) is 6.04 Å². The van der Waals surface area contributed by atoms with Gasteiger partial charge in [0.2, 0.25) is 17.7 Å². The van der Waals surface area contributed by atoms with Gasteiger partial charge in [-0.25, -0.2) is 0 Å². The zero-order valence-corrected chi connectivity index (χ0v) is 17.9. The van der Waals surface area contributed by atoms with E-state index < -0.39 is 6.04 Å². The summed E-state index contributed by atoms with van der Waals surface area (Å²) in [7, 11) is 0. The van der Waals surface area contributed by atoms with Gasteiger partial charge in [0.15, 0.2) is 0 Å². The maximum atomic E-state index is 13.2. The van der Waals surface area contributed by atoms with E-state index in [9.17, 15) is 14.4 Å². The molecule has 1 saturated carbocycles. The van der Waals surface area contributed by atoms with Crippen molar-refractivity contribution in [1.29, 1.82) is 0 Å². The molecule has 1 heterocycles. The summed E-state index contributed by atoms with van der Waals surface area (Å²) in [6, 6.07) is -0.471. The van der Waals surface area contributed by atoms with Gasteiger partial charge in [0.05, 0.1) is 0 Å². The molecule has 6 nitrogen and oxygen atoms in total. The molecule has 3 amide bonds. The van der Waals surface area contributed by atoms with Crippen molar-refractivity contribution in [2.45, 2.75) is 79.3 Å². The molecule has 0 aromatic rings. The Labute approximate surface area is 164 Å². The van der Waals surface area contributed by atoms with Crippen LogP contribution in [0.2, 0.25) is 0 Å². The minimum atomic E-state index is -0.497. The number of rotatable bonds is 6. The van der Waals surface area contributed by atoms with Crippen LogP contribution in [0.5, 0.6) is 0 Å². The van der Waals surface area contributed by atoms with E-state index >= 15 is 0 Å². The van der Waals surface area contributed by atoms with Gasteiger partial charge in [0.25, 0.3) is 0 Å². The first-order chi connectivity index (χ1) is 12.5. The Morgan fingerprint density at radius 2 is 1.78 bits per heavy atom. The zero-order valence-electron chi connectivity index (χ0n) is 17.9. The van der Waals surface area contributed by atoms with Crippen molar-refractivity contribution in [2.24, 2.45) is 17.3 Å². The van der Waals surface area contributed by atoms with Crippen LogP contribution in [0.1, 0.15) is 67.2 Å². The Morgan fingerprint density at radius 3 is 2.26 bits per heavy atom. The number of amides is 3. The monoisotopic (exact) mass is 379 g/mol. The summed E-state index contributed by atoms with van der Waals surface area (Å²) < 4.78 is 0. The largest absolute Gasteiger partial charge is 0.344 e. The van der Waals surface area contributed by atoms with E-state index in [1.165, 1.54) is 0 Å². The van der Waals surface area contributed by atoms with E-state index in [1.807, 2.05) is 51.3 Å². The van der Waals surface area contributed by atoms with Crippen LogP contribution in [-0.2, 0) is 14.4 Å². The van der Waals surface area contributed by atoms with Crippen molar-refractivity contribution in [3.8, 4) is 0 Å². The molecule has 0 bridgehead atoms. The molecule has 1 saturated heterocycles. The highest BCUT2D eigenvalue weighted by atomic mass is 16.2. The summed E-state index contributed by atoms with van der Waals surface area (Å²) in [5, 5.41) is 2.99.